The van der Waals surface area contributed by atoms with Gasteiger partial charge in [-0.3, -0.25) is 9.69 Å². The van der Waals surface area contributed by atoms with E-state index in [0.29, 0.717) is 12.1 Å². The van der Waals surface area contributed by atoms with Gasteiger partial charge >= 0.3 is 0 Å². The quantitative estimate of drug-likeness (QED) is 0.0920. The molecule has 0 unspecified atom stereocenters. The number of nitrogens with one attached hydrogen (secondary N) is 1. The number of aliphatic hydroxyl groups is 1. The van der Waals surface area contributed by atoms with Gasteiger partial charge in [-0.25, -0.2) is 22.0 Å². The molecule has 0 radical (unpaired) electrons. The Morgan fingerprint density at radius 2 is 1.40 bits per heavy atom. The Hall–Kier alpha value is -4.68. The Kier molecular flexibility index (Phi) is 10.3. The van der Waals surface area contributed by atoms with Crippen LogP contribution in [0.4, 0.5) is 27.6 Å². The first kappa shape index (κ1) is 35.2. The molecular weight excluding hydrogens is 655 g/mol. The highest BCUT2D eigenvalue weighted by atomic mass is 19.2. The van der Waals surface area contributed by atoms with Crippen LogP contribution in [-0.2, 0) is 16.1 Å². The Labute approximate surface area is 286 Å². The number of carbonyl (C=O) groups excluding carboxylic acids is 1. The number of nitrogens with zero attached hydrogens (tertiary/aromatic N) is 1. The number of ether oxygens (including phenoxy) is 2. The van der Waals surface area contributed by atoms with Crippen LogP contribution in [0, 0.1) is 35.0 Å². The number of hydrogen-bond donors (Lipinski definition) is 2. The van der Waals surface area contributed by atoms with E-state index in [1.165, 1.54) is 12.1 Å². The molecule has 50 heavy (non-hydrogen) atoms. The second-order valence-corrected chi connectivity index (χ2v) is 12.6. The molecule has 1 aliphatic rings. The average molecular weight is 691 g/mol. The lowest BCUT2D eigenvalue weighted by atomic mass is 9.89. The van der Waals surface area contributed by atoms with Crippen molar-refractivity contribution in [1.82, 2.24) is 4.90 Å². The van der Waals surface area contributed by atoms with Crippen molar-refractivity contribution >= 4 is 22.4 Å². The van der Waals surface area contributed by atoms with Gasteiger partial charge in [0.05, 0.1) is 18.8 Å². The van der Waals surface area contributed by atoms with Gasteiger partial charge in [0.15, 0.2) is 29.6 Å². The predicted octanol–water partition coefficient (Wildman–Crippen LogP) is 8.76. The SMILES string of the molecule is C[C@@H]1[C@H](CN(C)[C@H](C)c2ccc3ccccc3c2)O[C@H](c2ccc(NC(=O)c3c(F)c(F)c(F)c(F)c3F)cc2)O[C@@H]1c1ccc(CO)cc1. The third-order valence-electron chi connectivity index (χ3n) is 9.39. The van der Waals surface area contributed by atoms with E-state index in [0.717, 1.165) is 27.5 Å². The zero-order chi connectivity index (χ0) is 35.7. The fraction of sp³-hybridized carbons (Fsp3) is 0.256. The van der Waals surface area contributed by atoms with Crippen molar-refractivity contribution in [2.45, 2.75) is 45.0 Å². The number of likely N-dealkylation sites (N-methyl/N-ethyl adjacent to an activating group) is 1. The van der Waals surface area contributed by atoms with Crippen molar-refractivity contribution in [2.24, 2.45) is 5.92 Å². The van der Waals surface area contributed by atoms with Gasteiger partial charge in [0.25, 0.3) is 5.91 Å². The largest absolute Gasteiger partial charge is 0.392 e. The molecule has 260 valence electrons. The third kappa shape index (κ3) is 6.99. The lowest BCUT2D eigenvalue weighted by molar-refractivity contribution is -0.276. The van der Waals surface area contributed by atoms with E-state index < -0.39 is 53.0 Å². The van der Waals surface area contributed by atoms with E-state index >= 15 is 0 Å². The van der Waals surface area contributed by atoms with Crippen LogP contribution in [0.2, 0.25) is 0 Å². The molecule has 1 saturated heterocycles. The van der Waals surface area contributed by atoms with Crippen LogP contribution in [-0.4, -0.2) is 35.6 Å². The van der Waals surface area contributed by atoms with Crippen molar-refractivity contribution < 1.29 is 41.3 Å². The minimum absolute atomic E-state index is 0.0449. The highest BCUT2D eigenvalue weighted by Crippen LogP contribution is 2.42. The zero-order valence-electron chi connectivity index (χ0n) is 27.5. The molecule has 11 heteroatoms. The normalized spacial score (nSPS) is 19.9. The van der Waals surface area contributed by atoms with Crippen LogP contribution < -0.4 is 5.32 Å². The third-order valence-corrected chi connectivity index (χ3v) is 9.39. The van der Waals surface area contributed by atoms with Crippen LogP contribution >= 0.6 is 0 Å². The Bertz CT molecular complexity index is 1980. The Morgan fingerprint density at radius 1 is 0.800 bits per heavy atom. The van der Waals surface area contributed by atoms with Gasteiger partial charge in [0.1, 0.15) is 5.56 Å². The Morgan fingerprint density at radius 3 is 2.04 bits per heavy atom. The van der Waals surface area contributed by atoms with Crippen molar-refractivity contribution in [3.8, 4) is 0 Å². The van der Waals surface area contributed by atoms with E-state index in [-0.39, 0.29) is 30.4 Å². The van der Waals surface area contributed by atoms with E-state index in [2.05, 4.69) is 54.4 Å². The van der Waals surface area contributed by atoms with Gasteiger partial charge in [-0.15, -0.1) is 0 Å². The summed E-state index contributed by atoms with van der Waals surface area (Å²) in [5.74, 6) is -12.8. The second-order valence-electron chi connectivity index (χ2n) is 12.6. The number of amides is 1. The van der Waals surface area contributed by atoms with E-state index in [1.807, 2.05) is 43.4 Å². The van der Waals surface area contributed by atoms with Gasteiger partial charge in [-0.1, -0.05) is 79.7 Å². The topological polar surface area (TPSA) is 71.0 Å². The van der Waals surface area contributed by atoms with Crippen molar-refractivity contribution in [2.75, 3.05) is 18.9 Å². The smallest absolute Gasteiger partial charge is 0.261 e. The predicted molar refractivity (Wildman–Crippen MR) is 179 cm³/mol. The summed E-state index contributed by atoms with van der Waals surface area (Å²) in [6.45, 7) is 4.64. The molecule has 1 heterocycles. The van der Waals surface area contributed by atoms with Crippen molar-refractivity contribution in [3.05, 3.63) is 148 Å². The lowest BCUT2D eigenvalue weighted by Gasteiger charge is -2.43. The zero-order valence-corrected chi connectivity index (χ0v) is 27.5. The molecular formula is C39H35F5N2O4. The highest BCUT2D eigenvalue weighted by Gasteiger charge is 2.39. The molecule has 1 amide bonds. The van der Waals surface area contributed by atoms with Crippen LogP contribution in [0.1, 0.15) is 64.9 Å². The molecule has 6 rings (SSSR count). The molecule has 0 bridgehead atoms. The number of aliphatic hydroxyl groups excluding tert-OH is 1. The van der Waals surface area contributed by atoms with E-state index in [9.17, 15) is 31.9 Å². The Balaban J connectivity index is 1.23. The number of halogens is 5. The van der Waals surface area contributed by atoms with E-state index in [4.69, 9.17) is 9.47 Å². The number of hydrogen-bond acceptors (Lipinski definition) is 5. The number of carbonyl (C=O) groups is 1. The van der Waals surface area contributed by atoms with Crippen LogP contribution in [0.5, 0.6) is 0 Å². The summed E-state index contributed by atoms with van der Waals surface area (Å²) in [6.07, 6.45) is -1.56. The molecule has 5 atom stereocenters. The lowest BCUT2D eigenvalue weighted by Crippen LogP contribution is -2.44. The number of anilines is 1. The number of rotatable bonds is 9. The fourth-order valence-electron chi connectivity index (χ4n) is 6.21. The molecule has 5 aromatic rings. The minimum atomic E-state index is -2.35. The minimum Gasteiger partial charge on any atom is -0.392 e. The monoisotopic (exact) mass is 690 g/mol. The molecule has 0 aliphatic carbocycles. The summed E-state index contributed by atoms with van der Waals surface area (Å²) >= 11 is 0. The molecule has 0 spiro atoms. The van der Waals surface area contributed by atoms with Crippen LogP contribution in [0.25, 0.3) is 10.8 Å². The maximum Gasteiger partial charge on any atom is 0.261 e. The molecule has 6 nitrogen and oxygen atoms in total. The number of fused-ring (bicyclic) bond motifs is 1. The first-order chi connectivity index (χ1) is 24.0. The van der Waals surface area contributed by atoms with Gasteiger partial charge in [0.2, 0.25) is 5.82 Å². The summed E-state index contributed by atoms with van der Waals surface area (Å²) in [5.41, 5.74) is 1.83. The first-order valence-electron chi connectivity index (χ1n) is 16.1. The van der Waals surface area contributed by atoms with E-state index in [1.54, 1.807) is 12.1 Å². The fourth-order valence-corrected chi connectivity index (χ4v) is 6.21. The maximum absolute atomic E-state index is 14.2. The van der Waals surface area contributed by atoms with Crippen LogP contribution in [0.3, 0.4) is 0 Å². The van der Waals surface area contributed by atoms with Crippen LogP contribution in [0.15, 0.2) is 91.0 Å². The molecule has 1 aliphatic heterocycles. The molecule has 0 aromatic heterocycles. The summed E-state index contributed by atoms with van der Waals surface area (Å²) in [6, 6.07) is 28.1. The maximum atomic E-state index is 14.2. The summed E-state index contributed by atoms with van der Waals surface area (Å²) < 4.78 is 82.4. The standard InChI is InChI=1S/C39H35F5N2O4/c1-21-30(19-46(3)22(2)27-13-12-24-6-4-5-7-28(24)18-27)49-39(50-37(21)25-10-8-23(20-47)9-11-25)26-14-16-29(17-15-26)45-38(48)31-32(40)34(42)36(44)35(43)33(31)41/h4-18,21-22,30,37,39,47H,19-20H2,1-3H3,(H,45,48)/t21-,22-,30+,37+,39+/m1/s1. The highest BCUT2D eigenvalue weighted by molar-refractivity contribution is 6.04. The number of benzene rings is 5. The molecule has 5 aromatic carbocycles. The average Bonchev–Trinajstić information content (AvgIpc) is 3.14. The van der Waals surface area contributed by atoms with Gasteiger partial charge < -0.3 is 19.9 Å². The molecule has 0 saturated carbocycles. The summed E-state index contributed by atoms with van der Waals surface area (Å²) in [7, 11) is 2.04. The summed E-state index contributed by atoms with van der Waals surface area (Å²) in [4.78, 5) is 14.8. The van der Waals surface area contributed by atoms with Gasteiger partial charge in [0, 0.05) is 29.8 Å². The molecule has 1 fully saturated rings. The second kappa shape index (κ2) is 14.7. The molecule has 2 N–H and O–H groups in total. The van der Waals surface area contributed by atoms with Crippen molar-refractivity contribution in [1.29, 1.82) is 0 Å². The van der Waals surface area contributed by atoms with Crippen molar-refractivity contribution in [3.63, 3.8) is 0 Å². The summed E-state index contributed by atoms with van der Waals surface area (Å²) in [5, 5.41) is 14.1. The first-order valence-corrected chi connectivity index (χ1v) is 16.1. The van der Waals surface area contributed by atoms with Gasteiger partial charge in [-0.05, 0) is 59.6 Å². The van der Waals surface area contributed by atoms with Gasteiger partial charge in [-0.2, -0.15) is 0 Å².